The maximum absolute atomic E-state index is 11.6. The van der Waals surface area contributed by atoms with E-state index in [-0.39, 0.29) is 5.91 Å². The predicted octanol–water partition coefficient (Wildman–Crippen LogP) is 0.657. The Balaban J connectivity index is 1.67. The molecule has 0 aromatic heterocycles. The van der Waals surface area contributed by atoms with Gasteiger partial charge in [0.15, 0.2) is 0 Å². The molecule has 4 nitrogen and oxygen atoms in total. The van der Waals surface area contributed by atoms with Crippen molar-refractivity contribution in [3.63, 3.8) is 0 Å². The van der Waals surface area contributed by atoms with Crippen molar-refractivity contribution in [2.75, 3.05) is 25.0 Å². The highest BCUT2D eigenvalue weighted by Gasteiger charge is 2.23. The number of benzene rings is 1. The van der Waals surface area contributed by atoms with Crippen LogP contribution in [0.3, 0.4) is 0 Å². The smallest absolute Gasteiger partial charge is 0.231 e. The van der Waals surface area contributed by atoms with Gasteiger partial charge in [-0.15, -0.1) is 0 Å². The number of hydrogen-bond acceptors (Lipinski definition) is 3. The first kappa shape index (κ1) is 11.7. The van der Waals surface area contributed by atoms with Gasteiger partial charge in [-0.05, 0) is 30.2 Å². The fourth-order valence-electron chi connectivity index (χ4n) is 2.72. The summed E-state index contributed by atoms with van der Waals surface area (Å²) >= 11 is 0. The Morgan fingerprint density at radius 2 is 2.39 bits per heavy atom. The molecule has 2 heterocycles. The zero-order chi connectivity index (χ0) is 12.5. The fourth-order valence-corrected chi connectivity index (χ4v) is 2.72. The molecule has 1 aromatic carbocycles. The topological polar surface area (TPSA) is 44.4 Å². The van der Waals surface area contributed by atoms with Crippen molar-refractivity contribution in [3.05, 3.63) is 29.3 Å². The van der Waals surface area contributed by atoms with Crippen LogP contribution in [-0.2, 0) is 17.8 Å². The first-order valence-electron chi connectivity index (χ1n) is 6.56. The highest BCUT2D eigenvalue weighted by Crippen LogP contribution is 2.28. The summed E-state index contributed by atoms with van der Waals surface area (Å²) in [5.41, 5.74) is 3.49. The molecule has 1 unspecified atom stereocenters. The van der Waals surface area contributed by atoms with Crippen LogP contribution in [0.15, 0.2) is 18.2 Å². The summed E-state index contributed by atoms with van der Waals surface area (Å²) in [5, 5.41) is 6.90. The Morgan fingerprint density at radius 1 is 1.50 bits per heavy atom. The number of rotatable bonds is 3. The van der Waals surface area contributed by atoms with Crippen molar-refractivity contribution in [3.8, 4) is 0 Å². The molecule has 0 saturated carbocycles. The van der Waals surface area contributed by atoms with Crippen LogP contribution in [0.4, 0.5) is 5.69 Å². The van der Waals surface area contributed by atoms with Gasteiger partial charge >= 0.3 is 0 Å². The Kier molecular flexibility index (Phi) is 3.06. The molecule has 1 saturated heterocycles. The molecule has 1 fully saturated rings. The SMILES string of the molecule is CN1C(=O)Cc2cc(CNC3CCNC3)ccc21. The van der Waals surface area contributed by atoms with Crippen LogP contribution in [0.1, 0.15) is 17.5 Å². The van der Waals surface area contributed by atoms with E-state index in [9.17, 15) is 4.79 Å². The molecular formula is C14H19N3O. The number of fused-ring (bicyclic) bond motifs is 1. The van der Waals surface area contributed by atoms with Gasteiger partial charge in [0.25, 0.3) is 0 Å². The van der Waals surface area contributed by atoms with Crippen LogP contribution >= 0.6 is 0 Å². The third-order valence-electron chi connectivity index (χ3n) is 3.88. The third-order valence-corrected chi connectivity index (χ3v) is 3.88. The lowest BCUT2D eigenvalue weighted by Gasteiger charge is -2.13. The first-order chi connectivity index (χ1) is 8.74. The van der Waals surface area contributed by atoms with Gasteiger partial charge in [0.2, 0.25) is 5.91 Å². The molecule has 1 aromatic rings. The second kappa shape index (κ2) is 4.71. The number of carbonyl (C=O) groups is 1. The van der Waals surface area contributed by atoms with Gasteiger partial charge in [0, 0.05) is 31.9 Å². The van der Waals surface area contributed by atoms with Crippen molar-refractivity contribution in [2.45, 2.75) is 25.4 Å². The predicted molar refractivity (Wildman–Crippen MR) is 71.7 cm³/mol. The maximum Gasteiger partial charge on any atom is 0.231 e. The van der Waals surface area contributed by atoms with E-state index in [1.807, 2.05) is 7.05 Å². The summed E-state index contributed by atoms with van der Waals surface area (Å²) in [6, 6.07) is 6.92. The summed E-state index contributed by atoms with van der Waals surface area (Å²) in [6.07, 6.45) is 1.75. The molecule has 0 bridgehead atoms. The number of amides is 1. The van der Waals surface area contributed by atoms with E-state index in [1.54, 1.807) is 4.90 Å². The number of nitrogens with zero attached hydrogens (tertiary/aromatic N) is 1. The summed E-state index contributed by atoms with van der Waals surface area (Å²) in [7, 11) is 1.84. The molecule has 18 heavy (non-hydrogen) atoms. The van der Waals surface area contributed by atoms with Crippen molar-refractivity contribution < 1.29 is 4.79 Å². The second-order valence-electron chi connectivity index (χ2n) is 5.16. The molecule has 0 spiro atoms. The molecule has 96 valence electrons. The minimum absolute atomic E-state index is 0.190. The summed E-state index contributed by atoms with van der Waals surface area (Å²) in [4.78, 5) is 13.4. The van der Waals surface area contributed by atoms with Crippen LogP contribution in [-0.4, -0.2) is 32.1 Å². The Labute approximate surface area is 107 Å². The lowest BCUT2D eigenvalue weighted by atomic mass is 10.1. The van der Waals surface area contributed by atoms with Crippen molar-refractivity contribution in [1.29, 1.82) is 0 Å². The van der Waals surface area contributed by atoms with Crippen LogP contribution in [0, 0.1) is 0 Å². The van der Waals surface area contributed by atoms with Crippen LogP contribution < -0.4 is 15.5 Å². The molecule has 4 heteroatoms. The van der Waals surface area contributed by atoms with E-state index in [2.05, 4.69) is 28.8 Å². The quantitative estimate of drug-likeness (QED) is 0.822. The van der Waals surface area contributed by atoms with Gasteiger partial charge in [-0.2, -0.15) is 0 Å². The largest absolute Gasteiger partial charge is 0.315 e. The third kappa shape index (κ3) is 2.13. The van der Waals surface area contributed by atoms with Crippen LogP contribution in [0.5, 0.6) is 0 Å². The fraction of sp³-hybridized carbons (Fsp3) is 0.500. The standard InChI is InChI=1S/C14H19N3O/c1-17-13-3-2-10(6-11(13)7-14(17)18)8-16-12-4-5-15-9-12/h2-3,6,12,15-16H,4-5,7-9H2,1H3. The summed E-state index contributed by atoms with van der Waals surface area (Å²) in [5.74, 6) is 0.190. The van der Waals surface area contributed by atoms with Gasteiger partial charge in [-0.1, -0.05) is 12.1 Å². The average Bonchev–Trinajstić information content (AvgIpc) is 2.97. The molecule has 1 amide bonds. The zero-order valence-corrected chi connectivity index (χ0v) is 10.7. The van der Waals surface area contributed by atoms with Crippen molar-refractivity contribution in [1.82, 2.24) is 10.6 Å². The lowest BCUT2D eigenvalue weighted by Crippen LogP contribution is -2.30. The van der Waals surface area contributed by atoms with E-state index < -0.39 is 0 Å². The normalized spacial score (nSPS) is 22.6. The molecule has 2 aliphatic heterocycles. The average molecular weight is 245 g/mol. The van der Waals surface area contributed by atoms with Gasteiger partial charge < -0.3 is 15.5 Å². The van der Waals surface area contributed by atoms with Gasteiger partial charge in [-0.3, -0.25) is 4.79 Å². The molecule has 3 rings (SSSR count). The summed E-state index contributed by atoms with van der Waals surface area (Å²) < 4.78 is 0. The number of likely N-dealkylation sites (N-methyl/N-ethyl adjacent to an activating group) is 1. The first-order valence-corrected chi connectivity index (χ1v) is 6.56. The van der Waals surface area contributed by atoms with Crippen LogP contribution in [0.2, 0.25) is 0 Å². The molecule has 0 aliphatic carbocycles. The molecule has 2 aliphatic rings. The van der Waals surface area contributed by atoms with Crippen LogP contribution in [0.25, 0.3) is 0 Å². The van der Waals surface area contributed by atoms with Crippen molar-refractivity contribution in [2.24, 2.45) is 0 Å². The molecular weight excluding hydrogens is 226 g/mol. The van der Waals surface area contributed by atoms with E-state index in [1.165, 1.54) is 12.0 Å². The molecule has 2 N–H and O–H groups in total. The van der Waals surface area contributed by atoms with Gasteiger partial charge in [0.1, 0.15) is 0 Å². The van der Waals surface area contributed by atoms with Crippen molar-refractivity contribution >= 4 is 11.6 Å². The summed E-state index contributed by atoms with van der Waals surface area (Å²) in [6.45, 7) is 3.06. The highest BCUT2D eigenvalue weighted by atomic mass is 16.2. The number of hydrogen-bond donors (Lipinski definition) is 2. The Morgan fingerprint density at radius 3 is 3.17 bits per heavy atom. The van der Waals surface area contributed by atoms with E-state index in [0.717, 1.165) is 30.9 Å². The minimum Gasteiger partial charge on any atom is -0.315 e. The van der Waals surface area contributed by atoms with E-state index >= 15 is 0 Å². The number of nitrogens with one attached hydrogen (secondary N) is 2. The molecule has 1 atom stereocenters. The van der Waals surface area contributed by atoms with Gasteiger partial charge in [0.05, 0.1) is 6.42 Å². The van der Waals surface area contributed by atoms with E-state index in [4.69, 9.17) is 0 Å². The zero-order valence-electron chi connectivity index (χ0n) is 10.7. The lowest BCUT2D eigenvalue weighted by molar-refractivity contribution is -0.117. The number of carbonyl (C=O) groups excluding carboxylic acids is 1. The number of anilines is 1. The minimum atomic E-state index is 0.190. The monoisotopic (exact) mass is 245 g/mol. The van der Waals surface area contributed by atoms with Gasteiger partial charge in [-0.25, -0.2) is 0 Å². The Hall–Kier alpha value is -1.39. The Bertz CT molecular complexity index is 466. The molecule has 0 radical (unpaired) electrons. The highest BCUT2D eigenvalue weighted by molar-refractivity contribution is 6.00. The second-order valence-corrected chi connectivity index (χ2v) is 5.16. The maximum atomic E-state index is 11.6. The van der Waals surface area contributed by atoms with E-state index in [0.29, 0.717) is 12.5 Å².